The molecule has 0 amide bonds. The predicted octanol–water partition coefficient (Wildman–Crippen LogP) is 3.09. The van der Waals surface area contributed by atoms with Crippen molar-refractivity contribution >= 4 is 23.4 Å². The number of hydrogen-bond donors (Lipinski definition) is 1. The number of aromatic nitrogens is 1. The summed E-state index contributed by atoms with van der Waals surface area (Å²) in [7, 11) is 0. The second-order valence-electron chi connectivity index (χ2n) is 4.03. The molecule has 2 rings (SSSR count). The van der Waals surface area contributed by atoms with Crippen LogP contribution in [0.15, 0.2) is 41.4 Å². The van der Waals surface area contributed by atoms with Gasteiger partial charge in [-0.2, -0.15) is 0 Å². The first-order valence-corrected chi connectivity index (χ1v) is 6.69. The molecule has 1 aromatic heterocycles. The van der Waals surface area contributed by atoms with Gasteiger partial charge in [-0.3, -0.25) is 4.79 Å². The first kappa shape index (κ1) is 13.5. The fourth-order valence-electron chi connectivity index (χ4n) is 1.72. The molecule has 5 heteroatoms. The summed E-state index contributed by atoms with van der Waals surface area (Å²) in [6, 6.07) is 8.10. The average Bonchev–Trinajstić information content (AvgIpc) is 2.37. The minimum Gasteiger partial charge on any atom is -0.383 e. The van der Waals surface area contributed by atoms with Gasteiger partial charge in [-0.05, 0) is 30.7 Å². The van der Waals surface area contributed by atoms with Gasteiger partial charge < -0.3 is 5.73 Å². The maximum atomic E-state index is 13.4. The Hall–Kier alpha value is -1.88. The van der Waals surface area contributed by atoms with Crippen LogP contribution in [0.5, 0.6) is 0 Å². The Balaban J connectivity index is 2.13. The van der Waals surface area contributed by atoms with Crippen LogP contribution in [-0.4, -0.2) is 16.5 Å². The maximum Gasteiger partial charge on any atom is 0.177 e. The molecule has 2 N–H and O–H groups in total. The predicted molar refractivity (Wildman–Crippen MR) is 74.8 cm³/mol. The molecule has 0 saturated carbocycles. The molecule has 0 aliphatic rings. The number of aryl methyl sites for hydroxylation is 1. The zero-order valence-corrected chi connectivity index (χ0v) is 11.2. The van der Waals surface area contributed by atoms with Gasteiger partial charge in [0.15, 0.2) is 5.78 Å². The highest BCUT2D eigenvalue weighted by molar-refractivity contribution is 8.00. The van der Waals surface area contributed by atoms with Crippen LogP contribution in [0.2, 0.25) is 0 Å². The fraction of sp³-hybridized carbons (Fsp3) is 0.143. The number of ketones is 1. The van der Waals surface area contributed by atoms with Crippen LogP contribution in [0.4, 0.5) is 10.2 Å². The van der Waals surface area contributed by atoms with Gasteiger partial charge in [0, 0.05) is 11.1 Å². The van der Waals surface area contributed by atoms with Crippen molar-refractivity contribution in [3.63, 3.8) is 0 Å². The van der Waals surface area contributed by atoms with E-state index in [0.717, 1.165) is 17.3 Å². The van der Waals surface area contributed by atoms with Crippen molar-refractivity contribution in [2.75, 3.05) is 11.5 Å². The lowest BCUT2D eigenvalue weighted by Gasteiger charge is -2.07. The largest absolute Gasteiger partial charge is 0.383 e. The van der Waals surface area contributed by atoms with Crippen LogP contribution in [0.25, 0.3) is 0 Å². The molecule has 3 nitrogen and oxygen atoms in total. The van der Waals surface area contributed by atoms with E-state index in [2.05, 4.69) is 4.98 Å². The Morgan fingerprint density at radius 2 is 2.11 bits per heavy atom. The second kappa shape index (κ2) is 5.84. The van der Waals surface area contributed by atoms with E-state index in [4.69, 9.17) is 5.73 Å². The van der Waals surface area contributed by atoms with Crippen molar-refractivity contribution in [1.29, 1.82) is 0 Å². The summed E-state index contributed by atoms with van der Waals surface area (Å²) in [5.41, 5.74) is 6.91. The molecule has 0 radical (unpaired) electrons. The number of carbonyl (C=O) groups is 1. The number of Topliss-reactive ketones (excluding diaryl/α,β-unsaturated/α-hetero) is 1. The molecule has 19 heavy (non-hydrogen) atoms. The molecule has 0 aliphatic heterocycles. The first-order valence-electron chi connectivity index (χ1n) is 5.71. The molecule has 0 saturated heterocycles. The highest BCUT2D eigenvalue weighted by Gasteiger charge is 2.14. The number of thioether (sulfide) groups is 1. The molecule has 0 fully saturated rings. The number of nitrogen functional groups attached to an aromatic ring is 1. The number of nitrogens with two attached hydrogens (primary N) is 1. The first-order chi connectivity index (χ1) is 9.09. The molecule has 1 heterocycles. The number of pyridine rings is 1. The molecule has 2 aromatic rings. The topological polar surface area (TPSA) is 56.0 Å². The number of halogens is 1. The summed E-state index contributed by atoms with van der Waals surface area (Å²) in [5, 5.41) is 0. The van der Waals surface area contributed by atoms with E-state index in [1.54, 1.807) is 37.4 Å². The number of rotatable bonds is 4. The number of carbonyl (C=O) groups excluding carboxylic acids is 1. The normalized spacial score (nSPS) is 10.4. The van der Waals surface area contributed by atoms with E-state index >= 15 is 0 Å². The number of nitrogens with zero attached hydrogens (tertiary/aromatic N) is 1. The summed E-state index contributed by atoms with van der Waals surface area (Å²) < 4.78 is 13.4. The van der Waals surface area contributed by atoms with Gasteiger partial charge >= 0.3 is 0 Å². The third-order valence-corrected chi connectivity index (χ3v) is 3.71. The number of hydrogen-bond acceptors (Lipinski definition) is 4. The molecule has 98 valence electrons. The Morgan fingerprint density at radius 1 is 1.37 bits per heavy atom. The lowest BCUT2D eigenvalue weighted by atomic mass is 10.1. The maximum absolute atomic E-state index is 13.4. The molecule has 0 spiro atoms. The summed E-state index contributed by atoms with van der Waals surface area (Å²) in [5.74, 6) is -0.107. The summed E-state index contributed by atoms with van der Waals surface area (Å²) >= 11 is 1.16. The van der Waals surface area contributed by atoms with Gasteiger partial charge in [-0.15, -0.1) is 11.8 Å². The van der Waals surface area contributed by atoms with Gasteiger partial charge in [0.25, 0.3) is 0 Å². The third kappa shape index (κ3) is 3.12. The zero-order valence-electron chi connectivity index (χ0n) is 10.4. The van der Waals surface area contributed by atoms with Crippen LogP contribution in [-0.2, 0) is 0 Å². The van der Waals surface area contributed by atoms with Gasteiger partial charge in [0.05, 0.1) is 11.3 Å². The van der Waals surface area contributed by atoms with Gasteiger partial charge in [-0.25, -0.2) is 9.37 Å². The van der Waals surface area contributed by atoms with Crippen LogP contribution in [0.3, 0.4) is 0 Å². The monoisotopic (exact) mass is 276 g/mol. The Labute approximate surface area is 115 Å². The summed E-state index contributed by atoms with van der Waals surface area (Å²) in [4.78, 5) is 16.5. The van der Waals surface area contributed by atoms with Gasteiger partial charge in [0.2, 0.25) is 0 Å². The number of anilines is 1. The lowest BCUT2D eigenvalue weighted by Crippen LogP contribution is -2.10. The second-order valence-corrected chi connectivity index (χ2v) is 5.05. The summed E-state index contributed by atoms with van der Waals surface area (Å²) in [6.45, 7) is 1.80. The summed E-state index contributed by atoms with van der Waals surface area (Å²) in [6.07, 6.45) is 1.56. The molecule has 0 atom stereocenters. The standard InChI is InChI=1S/C14H13FN2OS/c1-9-6-7-17-14(16)13(9)11(18)8-19-12-5-3-2-4-10(12)15/h2-7H,8H2,1H3,(H2,16,17). The molecule has 0 aliphatic carbocycles. The van der Waals surface area contributed by atoms with Crippen molar-refractivity contribution in [3.05, 3.63) is 53.5 Å². The minimum atomic E-state index is -0.323. The molecule has 1 aromatic carbocycles. The Kier molecular flexibility index (Phi) is 4.16. The molecular formula is C14H13FN2OS. The van der Waals surface area contributed by atoms with Crippen molar-refractivity contribution in [2.45, 2.75) is 11.8 Å². The van der Waals surface area contributed by atoms with Gasteiger partial charge in [0.1, 0.15) is 11.6 Å². The van der Waals surface area contributed by atoms with Crippen molar-refractivity contribution in [2.24, 2.45) is 0 Å². The lowest BCUT2D eigenvalue weighted by molar-refractivity contribution is 0.102. The van der Waals surface area contributed by atoms with Crippen molar-refractivity contribution in [1.82, 2.24) is 4.98 Å². The number of benzene rings is 1. The van der Waals surface area contributed by atoms with Gasteiger partial charge in [-0.1, -0.05) is 12.1 Å². The van der Waals surface area contributed by atoms with Crippen molar-refractivity contribution < 1.29 is 9.18 Å². The smallest absolute Gasteiger partial charge is 0.177 e. The Morgan fingerprint density at radius 3 is 2.79 bits per heavy atom. The van der Waals surface area contributed by atoms with Crippen LogP contribution in [0, 0.1) is 12.7 Å². The highest BCUT2D eigenvalue weighted by atomic mass is 32.2. The SMILES string of the molecule is Cc1ccnc(N)c1C(=O)CSc1ccccc1F. The molecule has 0 bridgehead atoms. The van der Waals surface area contributed by atoms with E-state index in [0.29, 0.717) is 10.5 Å². The van der Waals surface area contributed by atoms with Crippen LogP contribution in [0.1, 0.15) is 15.9 Å². The third-order valence-electron chi connectivity index (χ3n) is 2.66. The quantitative estimate of drug-likeness (QED) is 0.688. The minimum absolute atomic E-state index is 0.137. The fourth-order valence-corrected chi connectivity index (χ4v) is 2.53. The molecule has 0 unspecified atom stereocenters. The van der Waals surface area contributed by atoms with E-state index in [1.165, 1.54) is 6.07 Å². The molecular weight excluding hydrogens is 263 g/mol. The van der Waals surface area contributed by atoms with E-state index in [9.17, 15) is 9.18 Å². The average molecular weight is 276 g/mol. The zero-order chi connectivity index (χ0) is 13.8. The highest BCUT2D eigenvalue weighted by Crippen LogP contribution is 2.24. The van der Waals surface area contributed by atoms with E-state index in [1.807, 2.05) is 0 Å². The van der Waals surface area contributed by atoms with Crippen LogP contribution < -0.4 is 5.73 Å². The van der Waals surface area contributed by atoms with Crippen LogP contribution >= 0.6 is 11.8 Å². The van der Waals surface area contributed by atoms with Crippen molar-refractivity contribution in [3.8, 4) is 0 Å². The van der Waals surface area contributed by atoms with E-state index in [-0.39, 0.29) is 23.2 Å². The van der Waals surface area contributed by atoms with E-state index < -0.39 is 0 Å². The Bertz CT molecular complexity index is 596.